The van der Waals surface area contributed by atoms with E-state index in [-0.39, 0.29) is 0 Å². The third-order valence-electron chi connectivity index (χ3n) is 6.83. The molecule has 224 valence electrons. The van der Waals surface area contributed by atoms with Crippen molar-refractivity contribution in [2.45, 2.75) is 11.5 Å². The zero-order chi connectivity index (χ0) is 28.7. The third kappa shape index (κ3) is 10.4. The summed E-state index contributed by atoms with van der Waals surface area (Å²) in [5.74, 6) is 12.6. The van der Waals surface area contributed by atoms with E-state index in [0.717, 1.165) is 83.9 Å². The summed E-state index contributed by atoms with van der Waals surface area (Å²) in [6, 6.07) is 26.3. The first kappa shape index (κ1) is 32.1. The number of thioether (sulfide) groups is 5. The fourth-order valence-electron chi connectivity index (χ4n) is 4.69. The van der Waals surface area contributed by atoms with E-state index in [1.165, 1.54) is 44.2 Å². The molecule has 1 aliphatic heterocycles. The van der Waals surface area contributed by atoms with E-state index >= 15 is 0 Å². The van der Waals surface area contributed by atoms with Crippen LogP contribution in [0.2, 0.25) is 0 Å². The van der Waals surface area contributed by atoms with Gasteiger partial charge in [-0.1, -0.05) is 48.5 Å². The second-order valence-electron chi connectivity index (χ2n) is 9.87. The summed E-state index contributed by atoms with van der Waals surface area (Å²) in [6.45, 7) is 3.03. The summed E-state index contributed by atoms with van der Waals surface area (Å²) >= 11 is 9.89. The largest absolute Gasteiger partial charge is 0.492 e. The number of fused-ring (bicyclic) bond motifs is 4. The fourth-order valence-corrected chi connectivity index (χ4v) is 9.24. The highest BCUT2D eigenvalue weighted by Crippen LogP contribution is 2.31. The quantitative estimate of drug-likeness (QED) is 0.185. The van der Waals surface area contributed by atoms with Crippen molar-refractivity contribution < 1.29 is 14.2 Å². The van der Waals surface area contributed by atoms with Crippen molar-refractivity contribution in [2.24, 2.45) is 0 Å². The highest BCUT2D eigenvalue weighted by Gasteiger charge is 2.09. The van der Waals surface area contributed by atoms with E-state index in [9.17, 15) is 0 Å². The fraction of sp³-hybridized carbons (Fsp3) is 0.412. The number of benzene rings is 4. The average molecular weight is 657 g/mol. The molecular formula is C34H40O3S5. The molecule has 3 nitrogen and oxygen atoms in total. The van der Waals surface area contributed by atoms with Crippen molar-refractivity contribution in [3.8, 4) is 11.5 Å². The van der Waals surface area contributed by atoms with Crippen LogP contribution in [0.4, 0.5) is 0 Å². The zero-order valence-electron chi connectivity index (χ0n) is 24.1. The first-order valence-corrected chi connectivity index (χ1v) is 20.4. The molecular weight excluding hydrogens is 617 g/mol. The van der Waals surface area contributed by atoms with Crippen molar-refractivity contribution in [2.75, 3.05) is 72.5 Å². The molecule has 0 atom stereocenters. The minimum atomic E-state index is 0.725. The maximum Gasteiger partial charge on any atom is 0.124 e. The van der Waals surface area contributed by atoms with Crippen LogP contribution in [0.25, 0.3) is 21.5 Å². The van der Waals surface area contributed by atoms with Gasteiger partial charge in [0.15, 0.2) is 0 Å². The van der Waals surface area contributed by atoms with E-state index in [4.69, 9.17) is 14.2 Å². The Morgan fingerprint density at radius 2 is 0.786 bits per heavy atom. The van der Waals surface area contributed by atoms with Crippen LogP contribution in [0.1, 0.15) is 11.1 Å². The Bertz CT molecular complexity index is 1280. The van der Waals surface area contributed by atoms with Gasteiger partial charge in [-0.15, -0.1) is 0 Å². The lowest BCUT2D eigenvalue weighted by Crippen LogP contribution is -2.07. The van der Waals surface area contributed by atoms with Gasteiger partial charge in [-0.05, 0) is 45.8 Å². The lowest BCUT2D eigenvalue weighted by molar-refractivity contribution is 0.167. The Kier molecular flexibility index (Phi) is 14.1. The number of ether oxygens (including phenoxy) is 3. The van der Waals surface area contributed by atoms with Crippen molar-refractivity contribution in [3.63, 3.8) is 0 Å². The van der Waals surface area contributed by atoms with Crippen LogP contribution in [0, 0.1) is 0 Å². The van der Waals surface area contributed by atoms with Gasteiger partial charge in [0.05, 0.1) is 26.4 Å². The SMILES string of the molecule is c1ccc2cc3c(cc2c1)CSCCSCCSCc1cc2ccccc2cc1OCCSCCOCCSCCO3. The van der Waals surface area contributed by atoms with Gasteiger partial charge < -0.3 is 14.2 Å². The second kappa shape index (κ2) is 18.5. The molecule has 0 aromatic heterocycles. The second-order valence-corrected chi connectivity index (χ2v) is 15.8. The minimum Gasteiger partial charge on any atom is -0.492 e. The summed E-state index contributed by atoms with van der Waals surface area (Å²) in [7, 11) is 0. The van der Waals surface area contributed by atoms with Gasteiger partial charge in [-0.2, -0.15) is 58.8 Å². The average Bonchev–Trinajstić information content (AvgIpc) is 3.02. The van der Waals surface area contributed by atoms with Gasteiger partial charge in [-0.3, -0.25) is 0 Å². The molecule has 4 aromatic rings. The first-order valence-electron chi connectivity index (χ1n) is 14.6. The molecule has 0 fully saturated rings. The van der Waals surface area contributed by atoms with Crippen molar-refractivity contribution in [1.29, 1.82) is 0 Å². The molecule has 4 aromatic carbocycles. The van der Waals surface area contributed by atoms with Gasteiger partial charge in [0.2, 0.25) is 0 Å². The molecule has 0 N–H and O–H groups in total. The molecule has 1 heterocycles. The van der Waals surface area contributed by atoms with Gasteiger partial charge in [-0.25, -0.2) is 0 Å². The first-order chi connectivity index (χ1) is 20.9. The lowest BCUT2D eigenvalue weighted by atomic mass is 10.1. The Hall–Kier alpha value is -1.29. The summed E-state index contributed by atoms with van der Waals surface area (Å²) in [6.07, 6.45) is 0. The maximum absolute atomic E-state index is 6.31. The number of hydrogen-bond acceptors (Lipinski definition) is 8. The Morgan fingerprint density at radius 1 is 0.405 bits per heavy atom. The smallest absolute Gasteiger partial charge is 0.124 e. The van der Waals surface area contributed by atoms with Crippen LogP contribution < -0.4 is 9.47 Å². The van der Waals surface area contributed by atoms with Crippen LogP contribution in [0.3, 0.4) is 0 Å². The molecule has 42 heavy (non-hydrogen) atoms. The highest BCUT2D eigenvalue weighted by atomic mass is 32.2. The van der Waals surface area contributed by atoms with Crippen LogP contribution in [-0.2, 0) is 16.2 Å². The van der Waals surface area contributed by atoms with Crippen LogP contribution in [-0.4, -0.2) is 72.5 Å². The van der Waals surface area contributed by atoms with Crippen LogP contribution in [0.15, 0.2) is 72.8 Å². The normalized spacial score (nSPS) is 17.9. The van der Waals surface area contributed by atoms with E-state index in [1.807, 2.05) is 47.0 Å². The molecule has 1 aliphatic rings. The van der Waals surface area contributed by atoms with Crippen molar-refractivity contribution >= 4 is 80.4 Å². The Labute approximate surface area is 272 Å². The van der Waals surface area contributed by atoms with Crippen LogP contribution in [0.5, 0.6) is 11.5 Å². The van der Waals surface area contributed by atoms with E-state index in [1.54, 1.807) is 0 Å². The summed E-state index contributed by atoms with van der Waals surface area (Å²) in [5, 5.41) is 5.07. The predicted molar refractivity (Wildman–Crippen MR) is 194 cm³/mol. The summed E-state index contributed by atoms with van der Waals surface area (Å²) < 4.78 is 18.5. The summed E-state index contributed by atoms with van der Waals surface area (Å²) in [4.78, 5) is 0. The van der Waals surface area contributed by atoms with Gasteiger partial charge >= 0.3 is 0 Å². The molecule has 8 heteroatoms. The molecule has 0 spiro atoms. The lowest BCUT2D eigenvalue weighted by Gasteiger charge is -2.14. The van der Waals surface area contributed by atoms with Crippen molar-refractivity contribution in [3.05, 3.63) is 83.9 Å². The molecule has 0 radical (unpaired) electrons. The molecule has 0 saturated carbocycles. The van der Waals surface area contributed by atoms with Crippen molar-refractivity contribution in [1.82, 2.24) is 0 Å². The van der Waals surface area contributed by atoms with E-state index in [0.29, 0.717) is 0 Å². The zero-order valence-corrected chi connectivity index (χ0v) is 28.2. The topological polar surface area (TPSA) is 27.7 Å². The molecule has 5 rings (SSSR count). The van der Waals surface area contributed by atoms with E-state index in [2.05, 4.69) is 84.6 Å². The van der Waals surface area contributed by atoms with Gasteiger partial charge in [0.25, 0.3) is 0 Å². The van der Waals surface area contributed by atoms with E-state index < -0.39 is 0 Å². The monoisotopic (exact) mass is 656 g/mol. The predicted octanol–water partition coefficient (Wildman–Crippen LogP) is 9.15. The maximum atomic E-state index is 6.31. The van der Waals surface area contributed by atoms with Crippen LogP contribution >= 0.6 is 58.8 Å². The molecule has 0 aliphatic carbocycles. The molecule has 0 unspecified atom stereocenters. The van der Waals surface area contributed by atoms with Gasteiger partial charge in [0, 0.05) is 68.7 Å². The van der Waals surface area contributed by atoms with Gasteiger partial charge in [0.1, 0.15) is 11.5 Å². The number of hydrogen-bond donors (Lipinski definition) is 0. The highest BCUT2D eigenvalue weighted by molar-refractivity contribution is 8.04. The molecule has 0 amide bonds. The standard InChI is InChI=1S/C34H40O3S5/c1-3-7-29-23-33-31(21-27(29)5-1)25-41-19-17-40-18-20-42-26-32-22-28-6-2-4-8-30(28)24-34(32)37-12-16-39-14-10-35-9-13-38-15-11-36-33/h1-8,21-24H,9-20,25-26H2. The third-order valence-corrected chi connectivity index (χ3v) is 12.2. The number of rotatable bonds is 0. The Balaban J connectivity index is 1.16. The molecule has 0 saturated heterocycles. The Morgan fingerprint density at radius 3 is 1.26 bits per heavy atom. The molecule has 0 bridgehead atoms. The summed E-state index contributed by atoms with van der Waals surface area (Å²) in [5.41, 5.74) is 2.61. The minimum absolute atomic E-state index is 0.725.